The molecule has 0 saturated heterocycles. The fourth-order valence-electron chi connectivity index (χ4n) is 2.96. The van der Waals surface area contributed by atoms with Gasteiger partial charge in [0, 0.05) is 13.6 Å². The fraction of sp³-hybridized carbons (Fsp3) is 0.300. The fourth-order valence-corrected chi connectivity index (χ4v) is 4.07. The first kappa shape index (κ1) is 19.8. The van der Waals surface area contributed by atoms with Gasteiger partial charge in [0.25, 0.3) is 11.5 Å². The average Bonchev–Trinajstić information content (AvgIpc) is 2.98. The van der Waals surface area contributed by atoms with Crippen LogP contribution < -0.4 is 5.56 Å². The Morgan fingerprint density at radius 2 is 1.93 bits per heavy atom. The summed E-state index contributed by atoms with van der Waals surface area (Å²) in [5, 5.41) is 0.378. The molecule has 28 heavy (non-hydrogen) atoms. The minimum Gasteiger partial charge on any atom is -0.448 e. The number of benzene rings is 1. The lowest BCUT2D eigenvalue weighted by molar-refractivity contribution is -0.139. The summed E-state index contributed by atoms with van der Waals surface area (Å²) in [6.45, 7) is 5.31. The molecule has 1 N–H and O–H groups in total. The van der Waals surface area contributed by atoms with Crippen molar-refractivity contribution in [2.24, 2.45) is 0 Å². The van der Waals surface area contributed by atoms with Crippen LogP contribution >= 0.6 is 11.3 Å². The van der Waals surface area contributed by atoms with Gasteiger partial charge in [-0.15, -0.1) is 11.3 Å². The number of thiophene rings is 1. The van der Waals surface area contributed by atoms with E-state index < -0.39 is 12.1 Å². The molecular formula is C20H21N3O4S. The molecule has 3 rings (SSSR count). The number of fused-ring (bicyclic) bond motifs is 1. The minimum atomic E-state index is -0.946. The Kier molecular flexibility index (Phi) is 5.60. The molecule has 1 atom stereocenters. The molecule has 0 spiro atoms. The van der Waals surface area contributed by atoms with Crippen molar-refractivity contribution in [2.45, 2.75) is 33.4 Å². The molecule has 2 heterocycles. The Labute approximate surface area is 166 Å². The SMILES string of the molecule is Cc1nc2sc(C(=O)O[C@@H](C)C(=O)N(C)Cc3ccccc3)c(C)c2c(=O)[nH]1. The summed E-state index contributed by atoms with van der Waals surface area (Å²) < 4.78 is 5.38. The summed E-state index contributed by atoms with van der Waals surface area (Å²) in [5.41, 5.74) is 1.20. The van der Waals surface area contributed by atoms with Crippen molar-refractivity contribution in [3.8, 4) is 0 Å². The van der Waals surface area contributed by atoms with E-state index >= 15 is 0 Å². The van der Waals surface area contributed by atoms with Crippen molar-refractivity contribution >= 4 is 33.4 Å². The van der Waals surface area contributed by atoms with E-state index in [2.05, 4.69) is 9.97 Å². The smallest absolute Gasteiger partial charge is 0.349 e. The molecular weight excluding hydrogens is 378 g/mol. The van der Waals surface area contributed by atoms with Crippen LogP contribution in [0.5, 0.6) is 0 Å². The maximum absolute atomic E-state index is 12.6. The summed E-state index contributed by atoms with van der Waals surface area (Å²) in [5.74, 6) is -0.459. The van der Waals surface area contributed by atoms with Gasteiger partial charge in [-0.25, -0.2) is 9.78 Å². The monoisotopic (exact) mass is 399 g/mol. The molecule has 1 amide bonds. The average molecular weight is 399 g/mol. The van der Waals surface area contributed by atoms with Crippen LogP contribution in [0, 0.1) is 13.8 Å². The second-order valence-corrected chi connectivity index (χ2v) is 7.61. The second-order valence-electron chi connectivity index (χ2n) is 6.62. The number of aromatic nitrogens is 2. The number of ether oxygens (including phenoxy) is 1. The van der Waals surface area contributed by atoms with E-state index in [0.29, 0.717) is 28.1 Å². The molecule has 0 saturated carbocycles. The normalized spacial score (nSPS) is 12.0. The number of hydrogen-bond acceptors (Lipinski definition) is 6. The standard InChI is InChI=1S/C20H21N3O4S/c1-11-15-17(24)21-13(3)22-18(15)28-16(11)20(26)27-12(2)19(25)23(4)10-14-8-6-5-7-9-14/h5-9,12H,10H2,1-4H3,(H,21,22,24)/t12-/m0/s1. The highest BCUT2D eigenvalue weighted by molar-refractivity contribution is 7.20. The number of carbonyl (C=O) groups excluding carboxylic acids is 2. The number of aromatic amines is 1. The van der Waals surface area contributed by atoms with E-state index in [1.807, 2.05) is 30.3 Å². The van der Waals surface area contributed by atoms with Gasteiger partial charge in [-0.2, -0.15) is 0 Å². The molecule has 2 aromatic heterocycles. The van der Waals surface area contributed by atoms with Gasteiger partial charge in [-0.3, -0.25) is 9.59 Å². The predicted molar refractivity (Wildman–Crippen MR) is 108 cm³/mol. The number of H-pyrrole nitrogens is 1. The Morgan fingerprint density at radius 3 is 2.61 bits per heavy atom. The number of esters is 1. The zero-order valence-corrected chi connectivity index (χ0v) is 16.9. The van der Waals surface area contributed by atoms with Crippen molar-refractivity contribution in [1.82, 2.24) is 14.9 Å². The molecule has 0 aliphatic rings. The Hall–Kier alpha value is -3.00. The molecule has 146 valence electrons. The van der Waals surface area contributed by atoms with Gasteiger partial charge in [-0.05, 0) is 31.9 Å². The zero-order chi connectivity index (χ0) is 20.4. The van der Waals surface area contributed by atoms with Crippen LogP contribution in [-0.4, -0.2) is 39.9 Å². The van der Waals surface area contributed by atoms with Crippen LogP contribution in [0.2, 0.25) is 0 Å². The number of carbonyl (C=O) groups is 2. The third-order valence-electron chi connectivity index (χ3n) is 4.37. The summed E-state index contributed by atoms with van der Waals surface area (Å²) >= 11 is 1.09. The van der Waals surface area contributed by atoms with E-state index in [9.17, 15) is 14.4 Å². The molecule has 0 aliphatic heterocycles. The molecule has 7 nitrogen and oxygen atoms in total. The molecule has 1 aromatic carbocycles. The summed E-state index contributed by atoms with van der Waals surface area (Å²) in [6.07, 6.45) is -0.946. The first-order valence-corrected chi connectivity index (χ1v) is 9.59. The van der Waals surface area contributed by atoms with Gasteiger partial charge in [0.05, 0.1) is 5.39 Å². The van der Waals surface area contributed by atoms with Gasteiger partial charge in [-0.1, -0.05) is 30.3 Å². The highest BCUT2D eigenvalue weighted by atomic mass is 32.1. The van der Waals surface area contributed by atoms with Crippen molar-refractivity contribution in [1.29, 1.82) is 0 Å². The van der Waals surface area contributed by atoms with Crippen molar-refractivity contribution in [3.05, 3.63) is 62.5 Å². The second kappa shape index (κ2) is 7.93. The lowest BCUT2D eigenvalue weighted by Gasteiger charge is -2.21. The summed E-state index contributed by atoms with van der Waals surface area (Å²) in [4.78, 5) is 46.5. The van der Waals surface area contributed by atoms with Crippen LogP contribution in [0.1, 0.15) is 33.5 Å². The van der Waals surface area contributed by atoms with E-state index in [1.165, 1.54) is 4.90 Å². The third-order valence-corrected chi connectivity index (χ3v) is 5.54. The number of aryl methyl sites for hydroxylation is 2. The van der Waals surface area contributed by atoms with E-state index in [1.54, 1.807) is 27.8 Å². The Balaban J connectivity index is 1.74. The quantitative estimate of drug-likeness (QED) is 0.666. The van der Waals surface area contributed by atoms with Crippen LogP contribution in [0.25, 0.3) is 10.2 Å². The summed E-state index contributed by atoms with van der Waals surface area (Å²) in [7, 11) is 1.66. The number of nitrogens with zero attached hydrogens (tertiary/aromatic N) is 2. The largest absolute Gasteiger partial charge is 0.448 e. The predicted octanol–water partition coefficient (Wildman–Crippen LogP) is 2.81. The van der Waals surface area contributed by atoms with Crippen LogP contribution in [0.3, 0.4) is 0 Å². The van der Waals surface area contributed by atoms with Gasteiger partial charge in [0.15, 0.2) is 6.10 Å². The van der Waals surface area contributed by atoms with E-state index in [0.717, 1.165) is 16.9 Å². The van der Waals surface area contributed by atoms with E-state index in [4.69, 9.17) is 4.74 Å². The minimum absolute atomic E-state index is 0.281. The molecule has 0 aliphatic carbocycles. The van der Waals surface area contributed by atoms with Crippen LogP contribution in [0.4, 0.5) is 0 Å². The number of nitrogens with one attached hydrogen (secondary N) is 1. The maximum atomic E-state index is 12.6. The molecule has 8 heteroatoms. The number of rotatable bonds is 5. The third kappa shape index (κ3) is 3.96. The molecule has 0 fully saturated rings. The van der Waals surface area contributed by atoms with Crippen molar-refractivity contribution in [3.63, 3.8) is 0 Å². The maximum Gasteiger partial charge on any atom is 0.349 e. The lowest BCUT2D eigenvalue weighted by Crippen LogP contribution is -2.37. The van der Waals surface area contributed by atoms with Crippen LogP contribution in [-0.2, 0) is 16.1 Å². The van der Waals surface area contributed by atoms with E-state index in [-0.39, 0.29) is 16.3 Å². The van der Waals surface area contributed by atoms with Gasteiger partial charge in [0.1, 0.15) is 15.5 Å². The van der Waals surface area contributed by atoms with Gasteiger partial charge < -0.3 is 14.6 Å². The number of likely N-dealkylation sites (N-methyl/N-ethyl adjacent to an activating group) is 1. The first-order chi connectivity index (χ1) is 13.3. The zero-order valence-electron chi connectivity index (χ0n) is 16.1. The van der Waals surface area contributed by atoms with Crippen LogP contribution in [0.15, 0.2) is 35.1 Å². The van der Waals surface area contributed by atoms with Gasteiger partial charge >= 0.3 is 5.97 Å². The molecule has 3 aromatic rings. The Morgan fingerprint density at radius 1 is 1.25 bits per heavy atom. The highest BCUT2D eigenvalue weighted by Gasteiger charge is 2.26. The topological polar surface area (TPSA) is 92.4 Å². The highest BCUT2D eigenvalue weighted by Crippen LogP contribution is 2.28. The molecule has 0 bridgehead atoms. The number of hydrogen-bond donors (Lipinski definition) is 1. The van der Waals surface area contributed by atoms with Gasteiger partial charge in [0.2, 0.25) is 0 Å². The first-order valence-electron chi connectivity index (χ1n) is 8.77. The molecule has 0 radical (unpaired) electrons. The van der Waals surface area contributed by atoms with Crippen molar-refractivity contribution in [2.75, 3.05) is 7.05 Å². The lowest BCUT2D eigenvalue weighted by atomic mass is 10.2. The number of amides is 1. The Bertz CT molecular complexity index is 1090. The molecule has 0 unspecified atom stereocenters. The summed E-state index contributed by atoms with van der Waals surface area (Å²) in [6, 6.07) is 9.56. The van der Waals surface area contributed by atoms with Crippen molar-refractivity contribution < 1.29 is 14.3 Å².